The SMILES string of the molecule is CCC(=O)c1ccc(F)c(C(F)(F)F)c1F. The Morgan fingerprint density at radius 1 is 1.25 bits per heavy atom. The Morgan fingerprint density at radius 3 is 2.25 bits per heavy atom. The molecule has 0 aliphatic carbocycles. The quantitative estimate of drug-likeness (QED) is 0.568. The highest BCUT2D eigenvalue weighted by Crippen LogP contribution is 2.34. The van der Waals surface area contributed by atoms with Gasteiger partial charge in [0.15, 0.2) is 5.78 Å². The lowest BCUT2D eigenvalue weighted by Crippen LogP contribution is -2.15. The van der Waals surface area contributed by atoms with Crippen molar-refractivity contribution in [2.24, 2.45) is 0 Å². The number of hydrogen-bond donors (Lipinski definition) is 0. The minimum absolute atomic E-state index is 0.153. The van der Waals surface area contributed by atoms with Gasteiger partial charge in [-0.1, -0.05) is 6.92 Å². The van der Waals surface area contributed by atoms with Crippen LogP contribution in [0.4, 0.5) is 22.0 Å². The Balaban J connectivity index is 3.45. The van der Waals surface area contributed by atoms with E-state index in [2.05, 4.69) is 0 Å². The molecule has 0 unspecified atom stereocenters. The topological polar surface area (TPSA) is 17.1 Å². The lowest BCUT2D eigenvalue weighted by Gasteiger charge is -2.11. The lowest BCUT2D eigenvalue weighted by atomic mass is 10.0. The van der Waals surface area contributed by atoms with Crippen molar-refractivity contribution in [1.29, 1.82) is 0 Å². The van der Waals surface area contributed by atoms with Gasteiger partial charge < -0.3 is 0 Å². The van der Waals surface area contributed by atoms with Crippen LogP contribution in [0.2, 0.25) is 0 Å². The molecule has 1 rings (SSSR count). The monoisotopic (exact) mass is 238 g/mol. The van der Waals surface area contributed by atoms with Crippen LogP contribution in [0.3, 0.4) is 0 Å². The van der Waals surface area contributed by atoms with Gasteiger partial charge in [-0.25, -0.2) is 8.78 Å². The number of halogens is 5. The molecule has 0 aromatic heterocycles. The van der Waals surface area contributed by atoms with Crippen LogP contribution in [0, 0.1) is 11.6 Å². The first-order valence-corrected chi connectivity index (χ1v) is 4.37. The normalized spacial score (nSPS) is 11.6. The van der Waals surface area contributed by atoms with Crippen LogP contribution in [-0.4, -0.2) is 5.78 Å². The first-order valence-electron chi connectivity index (χ1n) is 4.37. The summed E-state index contributed by atoms with van der Waals surface area (Å²) in [4.78, 5) is 11.1. The number of carbonyl (C=O) groups is 1. The fourth-order valence-electron chi connectivity index (χ4n) is 1.22. The van der Waals surface area contributed by atoms with Gasteiger partial charge >= 0.3 is 6.18 Å². The molecule has 16 heavy (non-hydrogen) atoms. The summed E-state index contributed by atoms with van der Waals surface area (Å²) in [5.41, 5.74) is -2.76. The van der Waals surface area contributed by atoms with Gasteiger partial charge in [-0.05, 0) is 12.1 Å². The molecule has 0 saturated carbocycles. The van der Waals surface area contributed by atoms with Crippen molar-refractivity contribution >= 4 is 5.78 Å². The van der Waals surface area contributed by atoms with Gasteiger partial charge in [0.05, 0.1) is 5.56 Å². The maximum Gasteiger partial charge on any atom is 0.422 e. The van der Waals surface area contributed by atoms with E-state index < -0.39 is 34.7 Å². The largest absolute Gasteiger partial charge is 0.422 e. The van der Waals surface area contributed by atoms with Gasteiger partial charge in [-0.3, -0.25) is 4.79 Å². The van der Waals surface area contributed by atoms with Crippen LogP contribution < -0.4 is 0 Å². The zero-order valence-corrected chi connectivity index (χ0v) is 8.16. The van der Waals surface area contributed by atoms with Crippen LogP contribution >= 0.6 is 0 Å². The summed E-state index contributed by atoms with van der Waals surface area (Å²) >= 11 is 0. The van der Waals surface area contributed by atoms with E-state index in [0.717, 1.165) is 0 Å². The molecule has 0 aliphatic rings. The van der Waals surface area contributed by atoms with Crippen molar-refractivity contribution in [3.05, 3.63) is 34.9 Å². The van der Waals surface area contributed by atoms with E-state index in [1.807, 2.05) is 0 Å². The summed E-state index contributed by atoms with van der Waals surface area (Å²) in [6.45, 7) is 1.37. The highest BCUT2D eigenvalue weighted by Gasteiger charge is 2.39. The highest BCUT2D eigenvalue weighted by molar-refractivity contribution is 5.96. The third-order valence-electron chi connectivity index (χ3n) is 2.00. The molecule has 0 N–H and O–H groups in total. The van der Waals surface area contributed by atoms with Crippen LogP contribution in [-0.2, 0) is 6.18 Å². The maximum absolute atomic E-state index is 13.3. The average molecular weight is 238 g/mol. The van der Waals surface area contributed by atoms with E-state index in [-0.39, 0.29) is 6.42 Å². The molecule has 1 aromatic rings. The smallest absolute Gasteiger partial charge is 0.294 e. The first-order chi connectivity index (χ1) is 7.29. The first kappa shape index (κ1) is 12.6. The summed E-state index contributed by atoms with van der Waals surface area (Å²) in [6, 6.07) is 1.15. The van der Waals surface area contributed by atoms with Crippen molar-refractivity contribution in [3.63, 3.8) is 0 Å². The molecule has 0 bridgehead atoms. The highest BCUT2D eigenvalue weighted by atomic mass is 19.4. The average Bonchev–Trinajstić information content (AvgIpc) is 2.14. The second kappa shape index (κ2) is 4.19. The molecule has 0 saturated heterocycles. The molecule has 88 valence electrons. The fraction of sp³-hybridized carbons (Fsp3) is 0.300. The van der Waals surface area contributed by atoms with Gasteiger partial charge in [0.2, 0.25) is 0 Å². The molecule has 6 heteroatoms. The van der Waals surface area contributed by atoms with Gasteiger partial charge in [0, 0.05) is 6.42 Å². The van der Waals surface area contributed by atoms with E-state index >= 15 is 0 Å². The number of rotatable bonds is 2. The second-order valence-corrected chi connectivity index (χ2v) is 3.06. The molecule has 0 atom stereocenters. The van der Waals surface area contributed by atoms with Gasteiger partial charge in [0.25, 0.3) is 0 Å². The molecule has 0 fully saturated rings. The molecule has 0 heterocycles. The standard InChI is InChI=1S/C10H7F5O/c1-2-7(16)5-3-4-6(11)8(9(5)12)10(13,14)15/h3-4H,2H2,1H3. The summed E-state index contributed by atoms with van der Waals surface area (Å²) in [5.74, 6) is -4.37. The predicted octanol–water partition coefficient (Wildman–Crippen LogP) is 3.58. The summed E-state index contributed by atoms with van der Waals surface area (Å²) in [5, 5.41) is 0. The maximum atomic E-state index is 13.3. The van der Waals surface area contributed by atoms with Crippen molar-refractivity contribution in [1.82, 2.24) is 0 Å². The molecule has 0 amide bonds. The Hall–Kier alpha value is -1.46. The van der Waals surface area contributed by atoms with Crippen LogP contribution in [0.25, 0.3) is 0 Å². The summed E-state index contributed by atoms with van der Waals surface area (Å²) in [7, 11) is 0. The number of alkyl halides is 3. The third-order valence-corrected chi connectivity index (χ3v) is 2.00. The minimum atomic E-state index is -5.15. The van der Waals surface area contributed by atoms with E-state index in [9.17, 15) is 26.7 Å². The van der Waals surface area contributed by atoms with Crippen molar-refractivity contribution in [2.45, 2.75) is 19.5 Å². The molecular formula is C10H7F5O. The van der Waals surface area contributed by atoms with Crippen molar-refractivity contribution < 1.29 is 26.7 Å². The number of hydrogen-bond acceptors (Lipinski definition) is 1. The number of ketones is 1. The Bertz CT molecular complexity index is 422. The lowest BCUT2D eigenvalue weighted by molar-refractivity contribution is -0.142. The number of Topliss-reactive ketones (excluding diaryl/α,β-unsaturated/α-hetero) is 1. The van der Waals surface area contributed by atoms with Gasteiger partial charge in [-0.2, -0.15) is 13.2 Å². The fourth-order valence-corrected chi connectivity index (χ4v) is 1.22. The molecule has 0 spiro atoms. The molecule has 1 aromatic carbocycles. The van der Waals surface area contributed by atoms with Crippen LogP contribution in [0.5, 0.6) is 0 Å². The van der Waals surface area contributed by atoms with Gasteiger partial charge in [-0.15, -0.1) is 0 Å². The van der Waals surface area contributed by atoms with E-state index in [1.54, 1.807) is 0 Å². The van der Waals surface area contributed by atoms with E-state index in [4.69, 9.17) is 0 Å². The minimum Gasteiger partial charge on any atom is -0.294 e. The second-order valence-electron chi connectivity index (χ2n) is 3.06. The Labute approximate surface area is 87.9 Å². The molecule has 0 radical (unpaired) electrons. The molecular weight excluding hydrogens is 231 g/mol. The van der Waals surface area contributed by atoms with Crippen LogP contribution in [0.15, 0.2) is 12.1 Å². The summed E-state index contributed by atoms with van der Waals surface area (Å²) in [6.07, 6.45) is -5.31. The Morgan fingerprint density at radius 2 is 1.81 bits per heavy atom. The van der Waals surface area contributed by atoms with Crippen molar-refractivity contribution in [2.75, 3.05) is 0 Å². The third kappa shape index (κ3) is 2.20. The zero-order valence-electron chi connectivity index (χ0n) is 8.16. The molecule has 1 nitrogen and oxygen atoms in total. The van der Waals surface area contributed by atoms with E-state index in [0.29, 0.717) is 12.1 Å². The van der Waals surface area contributed by atoms with Crippen LogP contribution in [0.1, 0.15) is 29.3 Å². The Kier molecular flexibility index (Phi) is 3.30. The number of carbonyl (C=O) groups excluding carboxylic acids is 1. The molecule has 0 aliphatic heterocycles. The predicted molar refractivity (Wildman–Crippen MR) is 46.0 cm³/mol. The summed E-state index contributed by atoms with van der Waals surface area (Å²) < 4.78 is 62.9. The van der Waals surface area contributed by atoms with E-state index in [1.165, 1.54) is 6.92 Å². The van der Waals surface area contributed by atoms with Crippen molar-refractivity contribution in [3.8, 4) is 0 Å². The zero-order chi connectivity index (χ0) is 12.5. The number of benzene rings is 1. The van der Waals surface area contributed by atoms with Gasteiger partial charge in [0.1, 0.15) is 17.2 Å².